The lowest BCUT2D eigenvalue weighted by Crippen LogP contribution is -2.01. The van der Waals surface area contributed by atoms with E-state index in [9.17, 15) is 0 Å². The van der Waals surface area contributed by atoms with Gasteiger partial charge in [0, 0.05) is 25.1 Å². The van der Waals surface area contributed by atoms with Crippen LogP contribution >= 0.6 is 0 Å². The average molecular weight is 239 g/mol. The van der Waals surface area contributed by atoms with Gasteiger partial charge in [-0.3, -0.25) is 4.98 Å². The predicted molar refractivity (Wildman–Crippen MR) is 69.3 cm³/mol. The first kappa shape index (κ1) is 10.7. The number of aromatic nitrogens is 4. The fourth-order valence-electron chi connectivity index (χ4n) is 1.74. The molecule has 0 unspecified atom stereocenters. The summed E-state index contributed by atoms with van der Waals surface area (Å²) in [6.07, 6.45) is 5.54. The highest BCUT2D eigenvalue weighted by atomic mass is 15.3. The Morgan fingerprint density at radius 3 is 3.06 bits per heavy atom. The molecular formula is C13H13N5. The molecule has 0 aliphatic rings. The Kier molecular flexibility index (Phi) is 2.64. The molecule has 0 atom stereocenters. The summed E-state index contributed by atoms with van der Waals surface area (Å²) in [5, 5.41) is 7.55. The highest BCUT2D eigenvalue weighted by molar-refractivity contribution is 5.44. The molecule has 0 saturated carbocycles. The Bertz CT molecular complexity index is 659. The Labute approximate surface area is 105 Å². The van der Waals surface area contributed by atoms with Crippen LogP contribution in [-0.2, 0) is 6.54 Å². The molecule has 3 aromatic rings. The third-order valence-corrected chi connectivity index (χ3v) is 2.65. The maximum atomic E-state index is 4.39. The van der Waals surface area contributed by atoms with Crippen molar-refractivity contribution in [3.05, 3.63) is 54.0 Å². The van der Waals surface area contributed by atoms with E-state index in [0.717, 1.165) is 16.8 Å². The summed E-state index contributed by atoms with van der Waals surface area (Å²) in [4.78, 5) is 8.45. The van der Waals surface area contributed by atoms with Crippen molar-refractivity contribution in [3.8, 4) is 0 Å². The van der Waals surface area contributed by atoms with Gasteiger partial charge in [-0.15, -0.1) is 5.10 Å². The number of hydrogen-bond acceptors (Lipinski definition) is 4. The van der Waals surface area contributed by atoms with E-state index in [-0.39, 0.29) is 0 Å². The molecule has 1 N–H and O–H groups in total. The highest BCUT2D eigenvalue weighted by Gasteiger charge is 2.02. The van der Waals surface area contributed by atoms with Gasteiger partial charge in [0.25, 0.3) is 0 Å². The van der Waals surface area contributed by atoms with E-state index >= 15 is 0 Å². The molecular weight excluding hydrogens is 226 g/mol. The maximum Gasteiger partial charge on any atom is 0.243 e. The molecule has 5 heteroatoms. The largest absolute Gasteiger partial charge is 0.349 e. The zero-order valence-electron chi connectivity index (χ0n) is 10.0. The van der Waals surface area contributed by atoms with E-state index in [1.807, 2.05) is 43.6 Å². The first-order valence-corrected chi connectivity index (χ1v) is 5.77. The van der Waals surface area contributed by atoms with Crippen LogP contribution in [0, 0.1) is 6.92 Å². The van der Waals surface area contributed by atoms with Crippen molar-refractivity contribution < 1.29 is 0 Å². The summed E-state index contributed by atoms with van der Waals surface area (Å²) in [5.74, 6) is 0.629. The number of nitrogens with one attached hydrogen (secondary N) is 1. The smallest absolute Gasteiger partial charge is 0.243 e. The number of hydrogen-bond donors (Lipinski definition) is 1. The lowest BCUT2D eigenvalue weighted by molar-refractivity contribution is 0.941. The van der Waals surface area contributed by atoms with Gasteiger partial charge in [0.15, 0.2) is 5.65 Å². The summed E-state index contributed by atoms with van der Waals surface area (Å²) >= 11 is 0. The molecule has 0 aromatic carbocycles. The fourth-order valence-corrected chi connectivity index (χ4v) is 1.74. The van der Waals surface area contributed by atoms with Crippen LogP contribution in [-0.4, -0.2) is 19.6 Å². The predicted octanol–water partition coefficient (Wildman–Crippen LogP) is 2.04. The van der Waals surface area contributed by atoms with Gasteiger partial charge in [-0.1, -0.05) is 12.1 Å². The average Bonchev–Trinajstić information content (AvgIpc) is 2.79. The summed E-state index contributed by atoms with van der Waals surface area (Å²) in [5.41, 5.74) is 3.10. The Morgan fingerprint density at radius 2 is 2.22 bits per heavy atom. The van der Waals surface area contributed by atoms with Gasteiger partial charge in [-0.25, -0.2) is 4.52 Å². The number of aryl methyl sites for hydroxylation is 1. The van der Waals surface area contributed by atoms with Crippen LogP contribution < -0.4 is 5.32 Å². The molecule has 0 bridgehead atoms. The second kappa shape index (κ2) is 4.44. The van der Waals surface area contributed by atoms with Crippen molar-refractivity contribution in [2.75, 3.05) is 5.32 Å². The minimum atomic E-state index is 0.629. The van der Waals surface area contributed by atoms with Gasteiger partial charge < -0.3 is 5.32 Å². The molecule has 18 heavy (non-hydrogen) atoms. The Morgan fingerprint density at radius 1 is 1.28 bits per heavy atom. The number of nitrogens with zero attached hydrogens (tertiary/aromatic N) is 4. The third kappa shape index (κ3) is 2.15. The molecule has 0 aliphatic heterocycles. The van der Waals surface area contributed by atoms with Gasteiger partial charge in [-0.2, -0.15) is 4.98 Å². The molecule has 3 aromatic heterocycles. The molecule has 0 amide bonds. The molecule has 0 aliphatic carbocycles. The lowest BCUT2D eigenvalue weighted by Gasteiger charge is -2.00. The SMILES string of the molecule is Cc1ccc2nc(NCc3cccnc3)nn2c1. The van der Waals surface area contributed by atoms with Gasteiger partial charge in [0.1, 0.15) is 0 Å². The van der Waals surface area contributed by atoms with Crippen molar-refractivity contribution in [2.24, 2.45) is 0 Å². The second-order valence-corrected chi connectivity index (χ2v) is 4.16. The van der Waals surface area contributed by atoms with E-state index in [4.69, 9.17) is 0 Å². The molecule has 0 saturated heterocycles. The van der Waals surface area contributed by atoms with Crippen molar-refractivity contribution in [1.82, 2.24) is 19.6 Å². The fraction of sp³-hybridized carbons (Fsp3) is 0.154. The summed E-state index contributed by atoms with van der Waals surface area (Å²) in [7, 11) is 0. The second-order valence-electron chi connectivity index (χ2n) is 4.16. The standard InChI is InChI=1S/C13H13N5/c1-10-4-5-12-16-13(17-18(12)9-10)15-8-11-3-2-6-14-7-11/h2-7,9H,8H2,1H3,(H,15,17). The number of anilines is 1. The zero-order valence-corrected chi connectivity index (χ0v) is 10.0. The van der Waals surface area contributed by atoms with Crippen LogP contribution in [0.1, 0.15) is 11.1 Å². The van der Waals surface area contributed by atoms with Crippen LogP contribution in [0.25, 0.3) is 5.65 Å². The van der Waals surface area contributed by atoms with Crippen LogP contribution in [0.3, 0.4) is 0 Å². The quantitative estimate of drug-likeness (QED) is 0.760. The summed E-state index contributed by atoms with van der Waals surface area (Å²) < 4.78 is 1.78. The van der Waals surface area contributed by atoms with E-state index in [0.29, 0.717) is 12.5 Å². The van der Waals surface area contributed by atoms with Crippen molar-refractivity contribution >= 4 is 11.6 Å². The lowest BCUT2D eigenvalue weighted by atomic mass is 10.3. The molecule has 3 rings (SSSR count). The Balaban J connectivity index is 1.79. The molecule has 0 spiro atoms. The van der Waals surface area contributed by atoms with Crippen molar-refractivity contribution in [2.45, 2.75) is 13.5 Å². The first-order valence-electron chi connectivity index (χ1n) is 5.77. The third-order valence-electron chi connectivity index (χ3n) is 2.65. The minimum Gasteiger partial charge on any atom is -0.349 e. The van der Waals surface area contributed by atoms with E-state index in [1.165, 1.54) is 0 Å². The van der Waals surface area contributed by atoms with Gasteiger partial charge >= 0.3 is 0 Å². The highest BCUT2D eigenvalue weighted by Crippen LogP contribution is 2.08. The van der Waals surface area contributed by atoms with Crippen LogP contribution in [0.4, 0.5) is 5.95 Å². The first-order chi connectivity index (χ1) is 8.81. The van der Waals surface area contributed by atoms with Gasteiger partial charge in [0.05, 0.1) is 0 Å². The van der Waals surface area contributed by atoms with Crippen LogP contribution in [0.15, 0.2) is 42.9 Å². The topological polar surface area (TPSA) is 55.1 Å². The van der Waals surface area contributed by atoms with E-state index in [1.54, 1.807) is 10.7 Å². The van der Waals surface area contributed by atoms with Crippen LogP contribution in [0.2, 0.25) is 0 Å². The van der Waals surface area contributed by atoms with Gasteiger partial charge in [0.2, 0.25) is 5.95 Å². The molecule has 5 nitrogen and oxygen atoms in total. The molecule has 0 radical (unpaired) electrons. The summed E-state index contributed by atoms with van der Waals surface area (Å²) in [6.45, 7) is 2.70. The Hall–Kier alpha value is -2.43. The normalized spacial score (nSPS) is 10.7. The van der Waals surface area contributed by atoms with Crippen LogP contribution in [0.5, 0.6) is 0 Å². The molecule has 3 heterocycles. The number of rotatable bonds is 3. The van der Waals surface area contributed by atoms with Crippen molar-refractivity contribution in [3.63, 3.8) is 0 Å². The van der Waals surface area contributed by atoms with Gasteiger partial charge in [-0.05, 0) is 30.2 Å². The zero-order chi connectivity index (χ0) is 12.4. The molecule has 90 valence electrons. The van der Waals surface area contributed by atoms with E-state index in [2.05, 4.69) is 20.4 Å². The minimum absolute atomic E-state index is 0.629. The number of pyridine rings is 2. The van der Waals surface area contributed by atoms with Crippen molar-refractivity contribution in [1.29, 1.82) is 0 Å². The number of fused-ring (bicyclic) bond motifs is 1. The van der Waals surface area contributed by atoms with E-state index < -0.39 is 0 Å². The molecule has 0 fully saturated rings. The summed E-state index contributed by atoms with van der Waals surface area (Å²) in [6, 6.07) is 7.91. The monoisotopic (exact) mass is 239 g/mol. The maximum absolute atomic E-state index is 4.39.